The maximum atomic E-state index is 12.6. The van der Waals surface area contributed by atoms with E-state index in [0.717, 1.165) is 27.5 Å². The number of Topliss-reactive ketones (excluding diaryl/α,β-unsaturated/α-hetero) is 2. The van der Waals surface area contributed by atoms with Crippen LogP contribution >= 0.6 is 23.2 Å². The number of hydrogen-bond acceptors (Lipinski definition) is 7. The van der Waals surface area contributed by atoms with Gasteiger partial charge in [-0.15, -0.1) is 0 Å². The first-order valence-electron chi connectivity index (χ1n) is 12.9. The van der Waals surface area contributed by atoms with Gasteiger partial charge in [0.25, 0.3) is 0 Å². The molecule has 0 amide bonds. The van der Waals surface area contributed by atoms with Gasteiger partial charge >= 0.3 is 0 Å². The van der Waals surface area contributed by atoms with Crippen molar-refractivity contribution in [2.45, 2.75) is 33.6 Å². The molecule has 3 heterocycles. The number of aryl methyl sites for hydroxylation is 3. The highest BCUT2D eigenvalue weighted by atomic mass is 35.5. The van der Waals surface area contributed by atoms with Crippen LogP contribution in [0.15, 0.2) is 92.3 Å². The molecule has 0 aliphatic carbocycles. The fraction of sp³-hybridized carbons (Fsp3) is 0.152. The van der Waals surface area contributed by atoms with E-state index in [2.05, 4.69) is 6.07 Å². The number of benzene rings is 3. The molecule has 0 aliphatic rings. The topological polar surface area (TPSA) is 108 Å². The first-order chi connectivity index (χ1) is 20.1. The van der Waals surface area contributed by atoms with Crippen LogP contribution in [0.1, 0.15) is 50.6 Å². The summed E-state index contributed by atoms with van der Waals surface area (Å²) in [5, 5.41) is 1.54. The van der Waals surface area contributed by atoms with E-state index in [9.17, 15) is 19.2 Å². The van der Waals surface area contributed by atoms with Crippen LogP contribution in [0, 0.1) is 20.8 Å². The lowest BCUT2D eigenvalue weighted by atomic mass is 10.0. The van der Waals surface area contributed by atoms with Crippen LogP contribution in [-0.2, 0) is 9.59 Å². The van der Waals surface area contributed by atoms with E-state index in [1.165, 1.54) is 10.9 Å². The van der Waals surface area contributed by atoms with Gasteiger partial charge < -0.3 is 13.3 Å². The number of fused-ring (bicyclic) bond motifs is 3. The van der Waals surface area contributed by atoms with Gasteiger partial charge in [0.05, 0.1) is 19.1 Å². The third-order valence-electron chi connectivity index (χ3n) is 6.47. The van der Waals surface area contributed by atoms with Crippen LogP contribution in [0.5, 0.6) is 0 Å². The molecule has 214 valence electrons. The maximum Gasteiger partial charge on any atom is 0.230 e. The summed E-state index contributed by atoms with van der Waals surface area (Å²) >= 11 is 9.46. The lowest BCUT2D eigenvalue weighted by Crippen LogP contribution is -2.09. The molecule has 0 spiro atoms. The molecule has 0 saturated heterocycles. The third-order valence-corrected chi connectivity index (χ3v) is 6.73. The fourth-order valence-electron chi connectivity index (χ4n) is 4.41. The van der Waals surface area contributed by atoms with E-state index in [-0.39, 0.29) is 35.9 Å². The van der Waals surface area contributed by atoms with E-state index in [1.54, 1.807) is 6.26 Å². The average Bonchev–Trinajstić information content (AvgIpc) is 3.62. The van der Waals surface area contributed by atoms with Crippen molar-refractivity contribution >= 4 is 78.2 Å². The normalized spacial score (nSPS) is 10.6. The van der Waals surface area contributed by atoms with Crippen molar-refractivity contribution in [1.29, 1.82) is 0 Å². The van der Waals surface area contributed by atoms with Crippen LogP contribution in [-0.4, -0.2) is 22.1 Å². The molecule has 0 N–H and O–H groups in total. The van der Waals surface area contributed by atoms with Crippen molar-refractivity contribution in [3.63, 3.8) is 0 Å². The Hall–Kier alpha value is -4.46. The predicted molar refractivity (Wildman–Crippen MR) is 162 cm³/mol. The third kappa shape index (κ3) is 7.05. The second kappa shape index (κ2) is 13.5. The summed E-state index contributed by atoms with van der Waals surface area (Å²) in [6, 6.07) is 22.9. The Balaban J connectivity index is 0.000000195. The fourth-order valence-corrected chi connectivity index (χ4v) is 4.72. The Kier molecular flexibility index (Phi) is 9.78. The summed E-state index contributed by atoms with van der Waals surface area (Å²) in [6.07, 6.45) is 1.12. The Morgan fingerprint density at radius 1 is 0.571 bits per heavy atom. The molecule has 6 aromatic rings. The molecule has 0 bridgehead atoms. The van der Waals surface area contributed by atoms with E-state index in [1.807, 2.05) is 87.5 Å². The molecule has 0 unspecified atom stereocenters. The number of rotatable bonds is 6. The zero-order valence-corrected chi connectivity index (χ0v) is 24.5. The van der Waals surface area contributed by atoms with Crippen molar-refractivity contribution < 1.29 is 32.4 Å². The number of ketones is 2. The second-order valence-electron chi connectivity index (χ2n) is 9.43. The smallest absolute Gasteiger partial charge is 0.230 e. The molecule has 9 heteroatoms. The van der Waals surface area contributed by atoms with Crippen LogP contribution in [0.25, 0.3) is 32.9 Å². The zero-order valence-electron chi connectivity index (χ0n) is 23.0. The lowest BCUT2D eigenvalue weighted by Gasteiger charge is -1.98. The molecular weight excluding hydrogens is 579 g/mol. The van der Waals surface area contributed by atoms with Gasteiger partial charge in [-0.25, -0.2) is 0 Å². The Bertz CT molecular complexity index is 1820. The minimum Gasteiger partial charge on any atom is -0.464 e. The van der Waals surface area contributed by atoms with Gasteiger partial charge in [-0.2, -0.15) is 0 Å². The molecule has 3 aromatic heterocycles. The van der Waals surface area contributed by atoms with Crippen molar-refractivity contribution in [1.82, 2.24) is 0 Å². The van der Waals surface area contributed by atoms with Crippen molar-refractivity contribution in [2.75, 3.05) is 0 Å². The summed E-state index contributed by atoms with van der Waals surface area (Å²) in [4.78, 5) is 44.6. The van der Waals surface area contributed by atoms with E-state index < -0.39 is 10.5 Å². The van der Waals surface area contributed by atoms with Crippen LogP contribution in [0.2, 0.25) is 0 Å². The van der Waals surface area contributed by atoms with Gasteiger partial charge in [0.1, 0.15) is 16.7 Å². The number of carbonyl (C=O) groups is 4. The Morgan fingerprint density at radius 3 is 1.36 bits per heavy atom. The quantitative estimate of drug-likeness (QED) is 0.106. The molecule has 42 heavy (non-hydrogen) atoms. The number of halogens is 2. The van der Waals surface area contributed by atoms with Gasteiger partial charge in [0.2, 0.25) is 22.1 Å². The summed E-state index contributed by atoms with van der Waals surface area (Å²) in [6.45, 7) is 5.71. The first kappa shape index (κ1) is 30.5. The highest BCUT2D eigenvalue weighted by Gasteiger charge is 2.24. The zero-order chi connectivity index (χ0) is 30.4. The van der Waals surface area contributed by atoms with E-state index >= 15 is 0 Å². The minimum atomic E-state index is -0.722. The molecule has 3 aromatic carbocycles. The monoisotopic (exact) mass is 604 g/mol. The highest BCUT2D eigenvalue weighted by Crippen LogP contribution is 2.29. The molecule has 0 saturated carbocycles. The van der Waals surface area contributed by atoms with Gasteiger partial charge in [-0.1, -0.05) is 54.6 Å². The minimum absolute atomic E-state index is 0.239. The summed E-state index contributed by atoms with van der Waals surface area (Å²) < 4.78 is 16.6. The number of furan rings is 3. The highest BCUT2D eigenvalue weighted by molar-refractivity contribution is 6.72. The molecule has 0 fully saturated rings. The Labute approximate surface area is 251 Å². The van der Waals surface area contributed by atoms with Gasteiger partial charge in [0, 0.05) is 27.3 Å². The second-order valence-corrected chi connectivity index (χ2v) is 10.3. The first-order valence-corrected chi connectivity index (χ1v) is 13.6. The molecule has 0 aliphatic heterocycles. The number of para-hydroxylation sites is 3. The number of hydrogen-bond donors (Lipinski definition) is 0. The predicted octanol–water partition coefficient (Wildman–Crippen LogP) is 8.90. The van der Waals surface area contributed by atoms with Gasteiger partial charge in [-0.3, -0.25) is 19.2 Å². The van der Waals surface area contributed by atoms with Gasteiger partial charge in [0.15, 0.2) is 11.5 Å². The van der Waals surface area contributed by atoms with Gasteiger partial charge in [-0.05, 0) is 67.7 Å². The Morgan fingerprint density at radius 2 is 0.976 bits per heavy atom. The molecule has 6 rings (SSSR count). The summed E-state index contributed by atoms with van der Waals surface area (Å²) in [5.41, 5.74) is 4.99. The van der Waals surface area contributed by atoms with E-state index in [0.29, 0.717) is 11.2 Å². The van der Waals surface area contributed by atoms with E-state index in [4.69, 9.17) is 36.5 Å². The van der Waals surface area contributed by atoms with Crippen LogP contribution < -0.4 is 0 Å². The standard InChI is InChI=1S/C21H16O4.C9H8O.C3H2Cl2O2/c1-12-14-7-3-5-9-18(14)24-20(12)16(22)11-17(23)21-13(2)15-8-4-6-10-19(15)25-21;1-7-6-10-9-5-3-2-4-8(7)9;4-2(6)1-3(5)7/h3-10H,11H2,1-2H3;2-6H,1H3;1H2. The van der Waals surface area contributed by atoms with Crippen LogP contribution in [0.4, 0.5) is 0 Å². The SMILES string of the molecule is Cc1c(C(=O)CC(=O)c2oc3ccccc3c2C)oc2ccccc12.Cc1coc2ccccc12.O=C(Cl)CC(=O)Cl. The molecule has 0 radical (unpaired) electrons. The van der Waals surface area contributed by atoms with Crippen molar-refractivity contribution in [2.24, 2.45) is 0 Å². The van der Waals surface area contributed by atoms with Crippen molar-refractivity contribution in [3.8, 4) is 0 Å². The van der Waals surface area contributed by atoms with Crippen molar-refractivity contribution in [3.05, 3.63) is 107 Å². The van der Waals surface area contributed by atoms with Crippen LogP contribution in [0.3, 0.4) is 0 Å². The maximum absolute atomic E-state index is 12.6. The average molecular weight is 605 g/mol. The summed E-state index contributed by atoms with van der Waals surface area (Å²) in [5.74, 6) is -0.191. The summed E-state index contributed by atoms with van der Waals surface area (Å²) in [7, 11) is 0. The molecular formula is C33H26Cl2O7. The molecule has 0 atom stereocenters. The number of carbonyl (C=O) groups excluding carboxylic acids is 4. The lowest BCUT2D eigenvalue weighted by molar-refractivity contribution is -0.118. The largest absolute Gasteiger partial charge is 0.464 e. The molecule has 7 nitrogen and oxygen atoms in total.